The molecule has 0 atom stereocenters. The topological polar surface area (TPSA) is 61.5 Å². The second-order valence-electron chi connectivity index (χ2n) is 3.30. The summed E-state index contributed by atoms with van der Waals surface area (Å²) in [6.45, 7) is 0. The summed E-state index contributed by atoms with van der Waals surface area (Å²) >= 11 is 5.87. The van der Waals surface area contributed by atoms with Crippen LogP contribution in [-0.4, -0.2) is 15.0 Å². The first-order chi connectivity index (χ1) is 7.22. The molecule has 15 heavy (non-hydrogen) atoms. The monoisotopic (exact) mass is 219 g/mol. The summed E-state index contributed by atoms with van der Waals surface area (Å²) in [5, 5.41) is 1.56. The molecule has 3 rings (SSSR count). The fourth-order valence-corrected chi connectivity index (χ4v) is 1.78. The predicted molar refractivity (Wildman–Crippen MR) is 59.2 cm³/mol. The quantitative estimate of drug-likeness (QED) is 0.608. The molecule has 2 heterocycles. The smallest absolute Gasteiger partial charge is 0.304 e. The number of H-pyrrole nitrogens is 2. The van der Waals surface area contributed by atoms with E-state index in [9.17, 15) is 4.79 Å². The van der Waals surface area contributed by atoms with Gasteiger partial charge in [-0.2, -0.15) is 0 Å². The van der Waals surface area contributed by atoms with E-state index in [-0.39, 0.29) is 5.69 Å². The summed E-state index contributed by atoms with van der Waals surface area (Å²) in [5.74, 6) is 0. The van der Waals surface area contributed by atoms with E-state index < -0.39 is 0 Å². The standard InChI is InChI=1S/C10H6ClN3O/c11-6-1-2-7-5(3-6)4-8-9(12-7)14-10(15)13-8/h1-4H,(H2,12,13,14,15). The van der Waals surface area contributed by atoms with Gasteiger partial charge >= 0.3 is 5.69 Å². The number of benzene rings is 1. The molecular weight excluding hydrogens is 214 g/mol. The van der Waals surface area contributed by atoms with Crippen LogP contribution in [0.25, 0.3) is 22.1 Å². The van der Waals surface area contributed by atoms with E-state index in [4.69, 9.17) is 11.6 Å². The first-order valence-electron chi connectivity index (χ1n) is 4.41. The Labute approximate surface area is 88.9 Å². The summed E-state index contributed by atoms with van der Waals surface area (Å²) in [7, 11) is 0. The third-order valence-corrected chi connectivity index (χ3v) is 2.49. The molecule has 2 aromatic heterocycles. The molecule has 74 valence electrons. The number of aromatic nitrogens is 3. The number of imidazole rings is 1. The van der Waals surface area contributed by atoms with Crippen molar-refractivity contribution < 1.29 is 0 Å². The van der Waals surface area contributed by atoms with Gasteiger partial charge in [-0.25, -0.2) is 9.78 Å². The van der Waals surface area contributed by atoms with Crippen molar-refractivity contribution in [2.24, 2.45) is 0 Å². The van der Waals surface area contributed by atoms with E-state index in [1.807, 2.05) is 18.2 Å². The van der Waals surface area contributed by atoms with Crippen molar-refractivity contribution in [2.75, 3.05) is 0 Å². The van der Waals surface area contributed by atoms with Crippen LogP contribution in [0.3, 0.4) is 0 Å². The second kappa shape index (κ2) is 2.84. The Hall–Kier alpha value is -1.81. The fraction of sp³-hybridized carbons (Fsp3) is 0. The molecule has 0 radical (unpaired) electrons. The van der Waals surface area contributed by atoms with Crippen molar-refractivity contribution in [1.29, 1.82) is 0 Å². The van der Waals surface area contributed by atoms with Crippen LogP contribution >= 0.6 is 11.6 Å². The number of hydrogen-bond donors (Lipinski definition) is 2. The van der Waals surface area contributed by atoms with Crippen molar-refractivity contribution in [2.45, 2.75) is 0 Å². The van der Waals surface area contributed by atoms with Crippen molar-refractivity contribution >= 4 is 33.7 Å². The number of hydrogen-bond acceptors (Lipinski definition) is 2. The normalized spacial score (nSPS) is 11.3. The molecule has 0 amide bonds. The molecular formula is C10H6ClN3O. The van der Waals surface area contributed by atoms with Gasteiger partial charge in [-0.05, 0) is 24.3 Å². The lowest BCUT2D eigenvalue weighted by atomic mass is 10.2. The first kappa shape index (κ1) is 8.49. The van der Waals surface area contributed by atoms with Crippen LogP contribution < -0.4 is 5.69 Å². The summed E-state index contributed by atoms with van der Waals surface area (Å²) in [5.41, 5.74) is 1.81. The third kappa shape index (κ3) is 1.30. The van der Waals surface area contributed by atoms with Crippen LogP contribution in [0.5, 0.6) is 0 Å². The molecule has 0 aliphatic rings. The van der Waals surface area contributed by atoms with Crippen LogP contribution in [0, 0.1) is 0 Å². The second-order valence-corrected chi connectivity index (χ2v) is 3.74. The van der Waals surface area contributed by atoms with Crippen LogP contribution in [-0.2, 0) is 0 Å². The summed E-state index contributed by atoms with van der Waals surface area (Å²) < 4.78 is 0. The zero-order valence-corrected chi connectivity index (χ0v) is 8.30. The number of pyridine rings is 1. The number of aromatic amines is 2. The van der Waals surface area contributed by atoms with Gasteiger partial charge in [-0.3, -0.25) is 4.98 Å². The molecule has 0 saturated carbocycles. The molecule has 1 aromatic carbocycles. The summed E-state index contributed by atoms with van der Waals surface area (Å²) in [4.78, 5) is 20.6. The highest BCUT2D eigenvalue weighted by molar-refractivity contribution is 6.31. The molecule has 2 N–H and O–H groups in total. The molecule has 0 bridgehead atoms. The van der Waals surface area contributed by atoms with Crippen molar-refractivity contribution in [3.63, 3.8) is 0 Å². The van der Waals surface area contributed by atoms with E-state index in [1.165, 1.54) is 0 Å². The van der Waals surface area contributed by atoms with Crippen LogP contribution in [0.15, 0.2) is 29.1 Å². The number of nitrogens with zero attached hydrogens (tertiary/aromatic N) is 1. The molecule has 0 fully saturated rings. The summed E-state index contributed by atoms with van der Waals surface area (Å²) in [6.07, 6.45) is 0. The maximum absolute atomic E-state index is 11.1. The zero-order chi connectivity index (χ0) is 10.4. The van der Waals surface area contributed by atoms with Gasteiger partial charge < -0.3 is 4.98 Å². The van der Waals surface area contributed by atoms with E-state index >= 15 is 0 Å². The van der Waals surface area contributed by atoms with E-state index in [0.29, 0.717) is 16.2 Å². The highest BCUT2D eigenvalue weighted by Crippen LogP contribution is 2.20. The average molecular weight is 220 g/mol. The third-order valence-electron chi connectivity index (χ3n) is 2.26. The predicted octanol–water partition coefficient (Wildman–Crippen LogP) is 2.06. The number of nitrogens with one attached hydrogen (secondary N) is 2. The van der Waals surface area contributed by atoms with E-state index in [2.05, 4.69) is 15.0 Å². The van der Waals surface area contributed by atoms with E-state index in [1.54, 1.807) is 6.07 Å². The molecule has 0 unspecified atom stereocenters. The Balaban J connectivity index is 2.51. The SMILES string of the molecule is O=c1[nH]c2cc3cc(Cl)ccc3nc2[nH]1. The minimum Gasteiger partial charge on any atom is -0.304 e. The minimum absolute atomic E-state index is 0.251. The largest absolute Gasteiger partial charge is 0.325 e. The van der Waals surface area contributed by atoms with Gasteiger partial charge in [-0.15, -0.1) is 0 Å². The van der Waals surface area contributed by atoms with Crippen molar-refractivity contribution in [3.05, 3.63) is 39.8 Å². The molecule has 0 aliphatic carbocycles. The van der Waals surface area contributed by atoms with Crippen LogP contribution in [0.2, 0.25) is 5.02 Å². The lowest BCUT2D eigenvalue weighted by Crippen LogP contribution is -1.99. The minimum atomic E-state index is -0.251. The Morgan fingerprint density at radius 1 is 1.20 bits per heavy atom. The van der Waals surface area contributed by atoms with Crippen molar-refractivity contribution in [1.82, 2.24) is 15.0 Å². The fourth-order valence-electron chi connectivity index (χ4n) is 1.60. The average Bonchev–Trinajstić information content (AvgIpc) is 2.53. The van der Waals surface area contributed by atoms with Gasteiger partial charge in [0.2, 0.25) is 0 Å². The molecule has 0 spiro atoms. The van der Waals surface area contributed by atoms with Gasteiger partial charge in [0.25, 0.3) is 0 Å². The number of halogens is 1. The van der Waals surface area contributed by atoms with Gasteiger partial charge in [0.1, 0.15) is 0 Å². The number of rotatable bonds is 0. The van der Waals surface area contributed by atoms with Gasteiger partial charge in [0.05, 0.1) is 11.0 Å². The van der Waals surface area contributed by atoms with Crippen molar-refractivity contribution in [3.8, 4) is 0 Å². The summed E-state index contributed by atoms with van der Waals surface area (Å²) in [6, 6.07) is 7.26. The van der Waals surface area contributed by atoms with Crippen LogP contribution in [0.4, 0.5) is 0 Å². The highest BCUT2D eigenvalue weighted by Gasteiger charge is 2.02. The van der Waals surface area contributed by atoms with Gasteiger partial charge in [0, 0.05) is 10.4 Å². The Morgan fingerprint density at radius 2 is 2.07 bits per heavy atom. The number of fused-ring (bicyclic) bond motifs is 2. The Morgan fingerprint density at radius 3 is 2.93 bits per heavy atom. The molecule has 4 nitrogen and oxygen atoms in total. The first-order valence-corrected chi connectivity index (χ1v) is 4.78. The maximum Gasteiger partial charge on any atom is 0.325 e. The van der Waals surface area contributed by atoms with Gasteiger partial charge in [-0.1, -0.05) is 11.6 Å². The molecule has 0 saturated heterocycles. The Kier molecular flexibility index (Phi) is 1.61. The lowest BCUT2D eigenvalue weighted by Gasteiger charge is -1.97. The zero-order valence-electron chi connectivity index (χ0n) is 7.54. The van der Waals surface area contributed by atoms with Gasteiger partial charge in [0.15, 0.2) is 5.65 Å². The Bertz CT molecular complexity index is 713. The highest BCUT2D eigenvalue weighted by atomic mass is 35.5. The van der Waals surface area contributed by atoms with E-state index in [0.717, 1.165) is 10.9 Å². The maximum atomic E-state index is 11.1. The molecule has 0 aliphatic heterocycles. The lowest BCUT2D eigenvalue weighted by molar-refractivity contribution is 1.20. The van der Waals surface area contributed by atoms with Crippen LogP contribution in [0.1, 0.15) is 0 Å². The molecule has 3 aromatic rings. The molecule has 5 heteroatoms.